The van der Waals surface area contributed by atoms with E-state index in [4.69, 9.17) is 34.8 Å². The Morgan fingerprint density at radius 3 is 2.32 bits per heavy atom. The lowest BCUT2D eigenvalue weighted by molar-refractivity contribution is -0.141. The molecule has 4 amide bonds. The third-order valence-corrected chi connectivity index (χ3v) is 11.7. The first-order chi connectivity index (χ1) is 22.0. The van der Waals surface area contributed by atoms with Crippen LogP contribution in [0.25, 0.3) is 10.8 Å². The SMILES string of the molecule is CN1C(=O)[C@]2(Cl)C[C@@H]3C(=CC[C@@H]4C(=O)N(N(C)c5nc(C(F)(F)F)ccc5Cl)C(=O)[C@@H]43)[C@H](c3ccc(O)c4ccccc34)[C@]2(Cl)C1=O. The summed E-state index contributed by atoms with van der Waals surface area (Å²) in [5, 5.41) is 13.0. The third kappa shape index (κ3) is 4.13. The standard InChI is InChI=1S/C32H24Cl3F3N4O5/c1-40-28(46)30(34)13-19-17(24(31(30,35)29(40)47)16-9-11-21(43)15-6-4-3-5-14(15)16)7-8-18-23(19)27(45)42(26(18)44)41(2)25-20(33)10-12-22(39-25)32(36,37)38/h3-7,9-12,18-19,23-24,43H,8,13H2,1-2H3/t18-,19+,23-,24-,30+,31-/m0/s1. The van der Waals surface area contributed by atoms with E-state index in [0.717, 1.165) is 21.0 Å². The minimum Gasteiger partial charge on any atom is -0.507 e. The van der Waals surface area contributed by atoms with Crippen molar-refractivity contribution < 1.29 is 37.5 Å². The summed E-state index contributed by atoms with van der Waals surface area (Å²) >= 11 is 20.7. The Labute approximate surface area is 280 Å². The molecule has 47 heavy (non-hydrogen) atoms. The second-order valence-corrected chi connectivity index (χ2v) is 13.9. The molecule has 4 aliphatic rings. The number of rotatable bonds is 3. The summed E-state index contributed by atoms with van der Waals surface area (Å²) in [6.45, 7) is 0. The smallest absolute Gasteiger partial charge is 0.433 e. The van der Waals surface area contributed by atoms with Gasteiger partial charge in [-0.1, -0.05) is 53.6 Å². The Kier molecular flexibility index (Phi) is 6.96. The Hall–Kier alpha value is -3.87. The number of nitrogens with zero attached hydrogens (tertiary/aromatic N) is 4. The van der Waals surface area contributed by atoms with Crippen LogP contribution in [0.15, 0.2) is 60.2 Å². The van der Waals surface area contributed by atoms with Gasteiger partial charge in [-0.3, -0.25) is 29.1 Å². The van der Waals surface area contributed by atoms with Gasteiger partial charge in [0.1, 0.15) is 11.4 Å². The van der Waals surface area contributed by atoms with Crippen LogP contribution in [0.2, 0.25) is 5.02 Å². The van der Waals surface area contributed by atoms with Gasteiger partial charge in [0.15, 0.2) is 15.6 Å². The van der Waals surface area contributed by atoms with Gasteiger partial charge in [-0.15, -0.1) is 23.2 Å². The number of allylic oxidation sites excluding steroid dienone is 2. The molecule has 0 bridgehead atoms. The number of hydrazine groups is 1. The number of halogens is 6. The second-order valence-electron chi connectivity index (χ2n) is 12.2. The molecule has 7 rings (SSSR count). The summed E-state index contributed by atoms with van der Waals surface area (Å²) in [5.41, 5.74) is -0.266. The van der Waals surface area contributed by atoms with Gasteiger partial charge in [-0.25, -0.2) is 4.98 Å². The molecule has 1 N–H and O–H groups in total. The van der Waals surface area contributed by atoms with Crippen LogP contribution >= 0.6 is 34.8 Å². The Balaban J connectivity index is 1.37. The molecule has 244 valence electrons. The number of phenolic OH excluding ortho intramolecular Hbond substituents is 1. The van der Waals surface area contributed by atoms with Gasteiger partial charge >= 0.3 is 6.18 Å². The molecule has 3 fully saturated rings. The van der Waals surface area contributed by atoms with Crippen molar-refractivity contribution in [1.82, 2.24) is 14.9 Å². The van der Waals surface area contributed by atoms with Crippen LogP contribution < -0.4 is 5.01 Å². The van der Waals surface area contributed by atoms with Crippen molar-refractivity contribution in [3.8, 4) is 5.75 Å². The molecule has 0 spiro atoms. The summed E-state index contributed by atoms with van der Waals surface area (Å²) < 4.78 is 40.5. The molecule has 2 saturated heterocycles. The number of hydrogen-bond acceptors (Lipinski definition) is 7. The van der Waals surface area contributed by atoms with Crippen molar-refractivity contribution in [2.45, 2.75) is 34.7 Å². The molecule has 9 nitrogen and oxygen atoms in total. The maximum absolute atomic E-state index is 14.3. The summed E-state index contributed by atoms with van der Waals surface area (Å²) in [6.07, 6.45) is -3.32. The maximum atomic E-state index is 14.3. The summed E-state index contributed by atoms with van der Waals surface area (Å²) in [7, 11) is 2.49. The fourth-order valence-electron chi connectivity index (χ4n) is 7.84. The first-order valence-corrected chi connectivity index (χ1v) is 15.6. The predicted octanol–water partition coefficient (Wildman–Crippen LogP) is 5.65. The zero-order valence-electron chi connectivity index (χ0n) is 24.6. The van der Waals surface area contributed by atoms with Crippen LogP contribution in [0.4, 0.5) is 19.0 Å². The van der Waals surface area contributed by atoms with Crippen LogP contribution in [0.5, 0.6) is 5.75 Å². The lowest BCUT2D eigenvalue weighted by Gasteiger charge is -2.51. The molecule has 6 atom stereocenters. The molecular formula is C32H24Cl3F3N4O5. The fourth-order valence-corrected chi connectivity index (χ4v) is 9.08. The largest absolute Gasteiger partial charge is 0.507 e. The Morgan fingerprint density at radius 1 is 0.957 bits per heavy atom. The van der Waals surface area contributed by atoms with E-state index >= 15 is 0 Å². The van der Waals surface area contributed by atoms with Crippen LogP contribution in [-0.2, 0) is 25.4 Å². The van der Waals surface area contributed by atoms with Gasteiger partial charge < -0.3 is 5.11 Å². The topological polar surface area (TPSA) is 111 Å². The molecule has 0 radical (unpaired) electrons. The number of amides is 4. The molecule has 3 aromatic rings. The predicted molar refractivity (Wildman–Crippen MR) is 166 cm³/mol. The van der Waals surface area contributed by atoms with E-state index in [1.807, 2.05) is 0 Å². The van der Waals surface area contributed by atoms with Crippen molar-refractivity contribution >= 4 is 75.0 Å². The highest BCUT2D eigenvalue weighted by Gasteiger charge is 2.76. The second kappa shape index (κ2) is 10.3. The highest BCUT2D eigenvalue weighted by atomic mass is 35.5. The van der Waals surface area contributed by atoms with Gasteiger partial charge in [0.25, 0.3) is 23.6 Å². The van der Waals surface area contributed by atoms with E-state index in [-0.39, 0.29) is 23.6 Å². The number of hydrogen-bond donors (Lipinski definition) is 1. The van der Waals surface area contributed by atoms with Gasteiger partial charge in [-0.2, -0.15) is 18.2 Å². The van der Waals surface area contributed by atoms with E-state index in [9.17, 15) is 37.5 Å². The number of aromatic nitrogens is 1. The van der Waals surface area contributed by atoms with Crippen molar-refractivity contribution in [2.75, 3.05) is 19.1 Å². The number of alkyl halides is 5. The number of carbonyl (C=O) groups is 4. The highest BCUT2D eigenvalue weighted by Crippen LogP contribution is 2.66. The van der Waals surface area contributed by atoms with Crippen molar-refractivity contribution in [1.29, 1.82) is 0 Å². The number of aromatic hydroxyl groups is 1. The summed E-state index contributed by atoms with van der Waals surface area (Å²) in [6, 6.07) is 11.6. The molecular weight excluding hydrogens is 684 g/mol. The van der Waals surface area contributed by atoms with Crippen LogP contribution in [0, 0.1) is 17.8 Å². The zero-order chi connectivity index (χ0) is 34.0. The number of likely N-dealkylation sites (tertiary alicyclic amines) is 1. The van der Waals surface area contributed by atoms with Crippen molar-refractivity contribution in [3.05, 3.63) is 76.5 Å². The first-order valence-electron chi connectivity index (χ1n) is 14.5. The van der Waals surface area contributed by atoms with Crippen LogP contribution in [-0.4, -0.2) is 67.5 Å². The van der Waals surface area contributed by atoms with E-state index in [2.05, 4.69) is 4.98 Å². The molecule has 3 heterocycles. The van der Waals surface area contributed by atoms with E-state index in [0.29, 0.717) is 28.0 Å². The third-order valence-electron chi connectivity index (χ3n) is 9.96. The molecule has 0 unspecified atom stereocenters. The van der Waals surface area contributed by atoms with Gasteiger partial charge in [-0.05, 0) is 47.9 Å². The summed E-state index contributed by atoms with van der Waals surface area (Å²) in [4.78, 5) is 56.1. The number of phenols is 1. The average Bonchev–Trinajstić information content (AvgIpc) is 3.36. The van der Waals surface area contributed by atoms with Gasteiger partial charge in [0, 0.05) is 25.4 Å². The quantitative estimate of drug-likeness (QED) is 0.213. The lowest BCUT2D eigenvalue weighted by atomic mass is 9.56. The van der Waals surface area contributed by atoms with Gasteiger partial charge in [0.05, 0.1) is 16.9 Å². The molecule has 1 saturated carbocycles. The molecule has 15 heteroatoms. The molecule has 2 aliphatic carbocycles. The number of imide groups is 2. The fraction of sp³-hybridized carbons (Fsp3) is 0.344. The zero-order valence-corrected chi connectivity index (χ0v) is 26.8. The lowest BCUT2D eigenvalue weighted by Crippen LogP contribution is -2.60. The number of fused-ring (bicyclic) bond motifs is 5. The highest BCUT2D eigenvalue weighted by molar-refractivity contribution is 6.53. The molecule has 2 aromatic carbocycles. The minimum atomic E-state index is -4.82. The monoisotopic (exact) mass is 706 g/mol. The number of benzene rings is 2. The average molecular weight is 708 g/mol. The van der Waals surface area contributed by atoms with Crippen molar-refractivity contribution in [3.63, 3.8) is 0 Å². The number of anilines is 1. The summed E-state index contributed by atoms with van der Waals surface area (Å²) in [5.74, 6) is -7.45. The number of pyridine rings is 1. The Morgan fingerprint density at radius 2 is 1.64 bits per heavy atom. The van der Waals surface area contributed by atoms with E-state index in [1.54, 1.807) is 36.4 Å². The number of carbonyl (C=O) groups excluding carboxylic acids is 4. The maximum Gasteiger partial charge on any atom is 0.433 e. The van der Waals surface area contributed by atoms with E-state index < -0.39 is 74.7 Å². The molecule has 2 aliphatic heterocycles. The Bertz CT molecular complexity index is 1970. The van der Waals surface area contributed by atoms with Crippen LogP contribution in [0.3, 0.4) is 0 Å². The van der Waals surface area contributed by atoms with Gasteiger partial charge in [0.2, 0.25) is 0 Å². The normalized spacial score (nSPS) is 30.4. The van der Waals surface area contributed by atoms with Crippen LogP contribution in [0.1, 0.15) is 30.0 Å². The molecule has 1 aromatic heterocycles. The minimum absolute atomic E-state index is 0.0294. The van der Waals surface area contributed by atoms with Crippen molar-refractivity contribution in [2.24, 2.45) is 17.8 Å². The van der Waals surface area contributed by atoms with E-state index in [1.165, 1.54) is 20.2 Å². The first kappa shape index (κ1) is 31.7.